The maximum absolute atomic E-state index is 13.8. The number of nitrogens with zero attached hydrogens (tertiary/aromatic N) is 3. The number of benzene rings is 1. The highest BCUT2D eigenvalue weighted by Crippen LogP contribution is 2.23. The van der Waals surface area contributed by atoms with Crippen LogP contribution < -0.4 is 11.3 Å². The Kier molecular flexibility index (Phi) is 3.34. The molecule has 2 aromatic heterocycles. The third-order valence-electron chi connectivity index (χ3n) is 3.50. The van der Waals surface area contributed by atoms with Gasteiger partial charge in [0.1, 0.15) is 17.3 Å². The van der Waals surface area contributed by atoms with Crippen LogP contribution in [0.5, 0.6) is 0 Å². The van der Waals surface area contributed by atoms with Gasteiger partial charge in [0, 0.05) is 14.4 Å². The molecule has 0 saturated carbocycles. The minimum Gasteiger partial charge on any atom is -0.324 e. The van der Waals surface area contributed by atoms with Gasteiger partial charge >= 0.3 is 0 Å². The van der Waals surface area contributed by atoms with Gasteiger partial charge in [-0.3, -0.25) is 9.36 Å². The first kappa shape index (κ1) is 14.0. The van der Waals surface area contributed by atoms with Crippen molar-refractivity contribution < 1.29 is 10.2 Å². The van der Waals surface area contributed by atoms with Gasteiger partial charge in [-0.15, -0.1) is 0 Å². The lowest BCUT2D eigenvalue weighted by molar-refractivity contribution is 0.621. The maximum atomic E-state index is 13.8. The summed E-state index contributed by atoms with van der Waals surface area (Å²) in [5.74, 6) is -1.02. The topological polar surface area (TPSA) is 73.8 Å². The van der Waals surface area contributed by atoms with Gasteiger partial charge in [0.05, 0.1) is 17.1 Å². The largest absolute Gasteiger partial charge is 0.324 e. The molecule has 0 saturated heterocycles. The first-order valence-corrected chi connectivity index (χ1v) is 6.83. The highest BCUT2D eigenvalue weighted by molar-refractivity contribution is 5.83. The molecule has 2 heterocycles. The molecule has 3 rings (SSSR count). The molecule has 0 amide bonds. The normalized spacial score (nSPS) is 13.1. The van der Waals surface area contributed by atoms with Crippen molar-refractivity contribution in [2.45, 2.75) is 13.0 Å². The molecule has 0 spiro atoms. The molecule has 0 fully saturated rings. The number of rotatable bonds is 2. The van der Waals surface area contributed by atoms with Crippen molar-refractivity contribution in [1.29, 1.82) is 0 Å². The Morgan fingerprint density at radius 3 is 2.70 bits per heavy atom. The average Bonchev–Trinajstić information content (AvgIpc) is 2.55. The lowest BCUT2D eigenvalue weighted by atomic mass is 10.0. The quantitative estimate of drug-likeness (QED) is 0.787. The summed E-state index contributed by atoms with van der Waals surface area (Å²) in [5.41, 5.74) is 6.16. The van der Waals surface area contributed by atoms with E-state index in [-0.39, 0.29) is 22.4 Å². The number of halogens is 2. The summed E-state index contributed by atoms with van der Waals surface area (Å²) >= 11 is 0. The molecule has 2 N–H and O–H groups in total. The molecule has 1 aromatic carbocycles. The summed E-state index contributed by atoms with van der Waals surface area (Å²) in [4.78, 5) is 20.9. The summed E-state index contributed by atoms with van der Waals surface area (Å²) in [6, 6.07) is 4.31. The minimum atomic E-state index is -0.599. The van der Waals surface area contributed by atoms with E-state index >= 15 is 0 Å². The van der Waals surface area contributed by atoms with E-state index in [1.54, 1.807) is 6.92 Å². The van der Waals surface area contributed by atoms with Crippen molar-refractivity contribution in [2.24, 2.45) is 12.8 Å². The number of pyridine rings is 1. The van der Waals surface area contributed by atoms with Crippen molar-refractivity contribution >= 4 is 10.9 Å². The molecule has 0 aliphatic rings. The fourth-order valence-corrected chi connectivity index (χ4v) is 2.37. The summed E-state index contributed by atoms with van der Waals surface area (Å²) in [7, 11) is -0.430. The van der Waals surface area contributed by atoms with Crippen LogP contribution in [-0.2, 0) is 7.02 Å². The van der Waals surface area contributed by atoms with Gasteiger partial charge in [-0.2, -0.15) is 0 Å². The van der Waals surface area contributed by atoms with Gasteiger partial charge in [-0.1, -0.05) is 0 Å². The highest BCUT2D eigenvalue weighted by atomic mass is 19.1. The van der Waals surface area contributed by atoms with E-state index in [1.165, 1.54) is 18.2 Å². The molecular weight excluding hydrogens is 302 g/mol. The Morgan fingerprint density at radius 2 is 2.09 bits per heavy atom. The summed E-state index contributed by atoms with van der Waals surface area (Å²) in [5, 5.41) is 0.0420. The lowest BCUT2D eigenvalue weighted by Gasteiger charge is -2.13. The van der Waals surface area contributed by atoms with Gasteiger partial charge in [0.25, 0.3) is 5.56 Å². The molecule has 7 heteroatoms. The van der Waals surface area contributed by atoms with Gasteiger partial charge in [0.15, 0.2) is 5.82 Å². The standard InChI is InChI=1S/C16H14F2N4O/c1-8(19)11-5-10(18)6-12-14(11)21-15(22(2)16(12)23)13-4-3-9(17)7-20-13/h3-8H,19H2,1-2H3/t8-/m1/s1/i2D. The van der Waals surface area contributed by atoms with Crippen molar-refractivity contribution in [2.75, 3.05) is 0 Å². The van der Waals surface area contributed by atoms with E-state index < -0.39 is 30.3 Å². The smallest absolute Gasteiger partial charge is 0.261 e. The molecule has 0 aliphatic heterocycles. The number of fused-ring (bicyclic) bond motifs is 1. The Labute approximate surface area is 131 Å². The molecular formula is C16H14F2N4O. The molecule has 5 nitrogen and oxygen atoms in total. The Bertz CT molecular complexity index is 970. The van der Waals surface area contributed by atoms with Crippen LogP contribution in [0.25, 0.3) is 22.4 Å². The van der Waals surface area contributed by atoms with Crippen molar-refractivity contribution in [1.82, 2.24) is 14.5 Å². The van der Waals surface area contributed by atoms with Crippen molar-refractivity contribution in [3.63, 3.8) is 0 Å². The van der Waals surface area contributed by atoms with Crippen LogP contribution in [0, 0.1) is 11.6 Å². The highest BCUT2D eigenvalue weighted by Gasteiger charge is 2.17. The molecule has 1 atom stereocenters. The molecule has 118 valence electrons. The van der Waals surface area contributed by atoms with E-state index in [2.05, 4.69) is 9.97 Å². The SMILES string of the molecule is [2H]Cn1c(-c2ccc(F)cn2)nc2c([C@@H](C)N)cc(F)cc2c1=O. The molecule has 3 aromatic rings. The van der Waals surface area contributed by atoms with Crippen LogP contribution in [0.3, 0.4) is 0 Å². The van der Waals surface area contributed by atoms with Crippen LogP contribution in [0.1, 0.15) is 19.9 Å². The zero-order chi connectivity index (χ0) is 17.4. The van der Waals surface area contributed by atoms with E-state index in [1.807, 2.05) is 0 Å². The zero-order valence-electron chi connectivity index (χ0n) is 13.3. The fourth-order valence-electron chi connectivity index (χ4n) is 2.37. The third-order valence-corrected chi connectivity index (χ3v) is 3.50. The second-order valence-electron chi connectivity index (χ2n) is 5.21. The van der Waals surface area contributed by atoms with Crippen LogP contribution in [0.15, 0.2) is 35.3 Å². The maximum Gasteiger partial charge on any atom is 0.261 e. The molecule has 0 radical (unpaired) electrons. The number of hydrogen-bond donors (Lipinski definition) is 1. The number of aromatic nitrogens is 3. The second-order valence-corrected chi connectivity index (χ2v) is 5.21. The minimum absolute atomic E-state index is 0.0420. The second kappa shape index (κ2) is 5.51. The molecule has 0 aliphatic carbocycles. The van der Waals surface area contributed by atoms with Crippen LogP contribution >= 0.6 is 0 Å². The first-order valence-electron chi connectivity index (χ1n) is 7.54. The number of nitrogens with two attached hydrogens (primary N) is 1. The van der Waals surface area contributed by atoms with Gasteiger partial charge in [-0.05, 0) is 36.8 Å². The molecule has 0 unspecified atom stereocenters. The van der Waals surface area contributed by atoms with E-state index in [9.17, 15) is 13.6 Å². The van der Waals surface area contributed by atoms with Gasteiger partial charge in [-0.25, -0.2) is 18.7 Å². The Hall–Kier alpha value is -2.67. The van der Waals surface area contributed by atoms with E-state index in [0.717, 1.165) is 16.8 Å². The van der Waals surface area contributed by atoms with Gasteiger partial charge < -0.3 is 5.73 Å². The summed E-state index contributed by atoms with van der Waals surface area (Å²) < 4.78 is 35.5. The molecule has 0 bridgehead atoms. The van der Waals surface area contributed by atoms with Crippen LogP contribution in [0.4, 0.5) is 8.78 Å². The Morgan fingerprint density at radius 1 is 1.30 bits per heavy atom. The van der Waals surface area contributed by atoms with Crippen LogP contribution in [-0.4, -0.2) is 14.5 Å². The van der Waals surface area contributed by atoms with Crippen molar-refractivity contribution in [3.05, 3.63) is 58.0 Å². The van der Waals surface area contributed by atoms with Crippen molar-refractivity contribution in [3.8, 4) is 11.5 Å². The zero-order valence-corrected chi connectivity index (χ0v) is 12.3. The summed E-state index contributed by atoms with van der Waals surface area (Å²) in [6.07, 6.45) is 0.997. The fraction of sp³-hybridized carbons (Fsp3) is 0.188. The average molecular weight is 317 g/mol. The predicted molar refractivity (Wildman–Crippen MR) is 82.7 cm³/mol. The molecule has 23 heavy (non-hydrogen) atoms. The van der Waals surface area contributed by atoms with Gasteiger partial charge in [0.2, 0.25) is 0 Å². The van der Waals surface area contributed by atoms with Crippen LogP contribution in [0.2, 0.25) is 0 Å². The van der Waals surface area contributed by atoms with E-state index in [4.69, 9.17) is 7.10 Å². The lowest BCUT2D eigenvalue weighted by Crippen LogP contribution is -2.22. The number of hydrogen-bond acceptors (Lipinski definition) is 4. The van der Waals surface area contributed by atoms with E-state index in [0.29, 0.717) is 5.56 Å². The summed E-state index contributed by atoms with van der Waals surface area (Å²) in [6.45, 7) is 1.65. The predicted octanol–water partition coefficient (Wildman–Crippen LogP) is 2.29. The first-order chi connectivity index (χ1) is 11.4. The monoisotopic (exact) mass is 317 g/mol. The Balaban J connectivity index is 2.42. The third kappa shape index (κ3) is 2.59.